The Morgan fingerprint density at radius 1 is 1.16 bits per heavy atom. The van der Waals surface area contributed by atoms with Crippen molar-refractivity contribution < 1.29 is 9.18 Å². The highest BCUT2D eigenvalue weighted by Crippen LogP contribution is 2.12. The molecule has 4 heteroatoms. The van der Waals surface area contributed by atoms with E-state index < -0.39 is 0 Å². The first-order chi connectivity index (χ1) is 9.08. The first kappa shape index (κ1) is 14.2. The molecule has 0 bridgehead atoms. The smallest absolute Gasteiger partial charge is 0.179 e. The van der Waals surface area contributed by atoms with Gasteiger partial charge in [0.2, 0.25) is 0 Å². The molecule has 1 aliphatic rings. The molecule has 2 rings (SSSR count). The van der Waals surface area contributed by atoms with Crippen molar-refractivity contribution >= 4 is 5.78 Å². The van der Waals surface area contributed by atoms with Crippen LogP contribution >= 0.6 is 0 Å². The molecule has 1 heterocycles. The van der Waals surface area contributed by atoms with Crippen LogP contribution in [0.25, 0.3) is 0 Å². The lowest BCUT2D eigenvalue weighted by molar-refractivity contribution is 0.0843. The van der Waals surface area contributed by atoms with Crippen LogP contribution in [-0.4, -0.2) is 54.9 Å². The molecule has 1 saturated heterocycles. The second-order valence-corrected chi connectivity index (χ2v) is 5.24. The van der Waals surface area contributed by atoms with Crippen molar-refractivity contribution in [3.63, 3.8) is 0 Å². The largest absolute Gasteiger partial charge is 0.305 e. The third-order valence-electron chi connectivity index (χ3n) is 3.81. The zero-order valence-corrected chi connectivity index (χ0v) is 11.6. The summed E-state index contributed by atoms with van der Waals surface area (Å²) < 4.78 is 12.9. The van der Waals surface area contributed by atoms with E-state index in [1.54, 1.807) is 12.1 Å². The first-order valence-electron chi connectivity index (χ1n) is 6.80. The molecule has 1 aromatic rings. The Bertz CT molecular complexity index is 432. The van der Waals surface area contributed by atoms with Gasteiger partial charge in [-0.05, 0) is 51.2 Å². The van der Waals surface area contributed by atoms with Gasteiger partial charge in [-0.15, -0.1) is 0 Å². The maximum absolute atomic E-state index is 12.9. The van der Waals surface area contributed by atoms with Gasteiger partial charge in [-0.3, -0.25) is 9.69 Å². The van der Waals surface area contributed by atoms with E-state index in [0.29, 0.717) is 5.56 Å². The zero-order chi connectivity index (χ0) is 13.8. The van der Waals surface area contributed by atoms with Crippen molar-refractivity contribution in [3.8, 4) is 0 Å². The highest BCUT2D eigenvalue weighted by molar-refractivity contribution is 5.99. The Morgan fingerprint density at radius 2 is 1.84 bits per heavy atom. The average molecular weight is 264 g/mol. The molecule has 0 radical (unpaired) electrons. The second kappa shape index (κ2) is 6.26. The van der Waals surface area contributed by atoms with Crippen molar-refractivity contribution in [3.05, 3.63) is 35.6 Å². The summed E-state index contributed by atoms with van der Waals surface area (Å²) in [6, 6.07) is 5.68. The van der Waals surface area contributed by atoms with Gasteiger partial charge in [-0.2, -0.15) is 0 Å². The number of halogens is 1. The monoisotopic (exact) mass is 264 g/mol. The van der Waals surface area contributed by atoms with E-state index in [2.05, 4.69) is 16.8 Å². The topological polar surface area (TPSA) is 23.6 Å². The van der Waals surface area contributed by atoms with Crippen LogP contribution in [0, 0.1) is 5.82 Å². The van der Waals surface area contributed by atoms with Crippen molar-refractivity contribution in [2.45, 2.75) is 19.4 Å². The molecule has 0 saturated carbocycles. The number of nitrogens with zero attached hydrogens (tertiary/aromatic N) is 2. The van der Waals surface area contributed by atoms with E-state index in [1.807, 2.05) is 6.92 Å². The Labute approximate surface area is 114 Å². The van der Waals surface area contributed by atoms with Crippen LogP contribution in [0.4, 0.5) is 4.39 Å². The number of carbonyl (C=O) groups excluding carboxylic acids is 1. The number of rotatable bonds is 3. The summed E-state index contributed by atoms with van der Waals surface area (Å²) in [5, 5.41) is 0. The molecule has 3 nitrogen and oxygen atoms in total. The van der Waals surface area contributed by atoms with Gasteiger partial charge in [0.25, 0.3) is 0 Å². The van der Waals surface area contributed by atoms with Crippen molar-refractivity contribution in [1.82, 2.24) is 9.80 Å². The molecule has 0 amide bonds. The average Bonchev–Trinajstić information content (AvgIpc) is 2.63. The van der Waals surface area contributed by atoms with Gasteiger partial charge in [0.05, 0.1) is 6.04 Å². The zero-order valence-electron chi connectivity index (χ0n) is 11.6. The number of benzene rings is 1. The molecular weight excluding hydrogens is 243 g/mol. The number of likely N-dealkylation sites (N-methyl/N-ethyl adjacent to an activating group) is 1. The summed E-state index contributed by atoms with van der Waals surface area (Å²) >= 11 is 0. The van der Waals surface area contributed by atoms with Crippen molar-refractivity contribution in [2.75, 3.05) is 33.2 Å². The highest BCUT2D eigenvalue weighted by atomic mass is 19.1. The molecule has 1 aliphatic heterocycles. The third kappa shape index (κ3) is 3.61. The summed E-state index contributed by atoms with van der Waals surface area (Å²) in [7, 11) is 2.11. The van der Waals surface area contributed by atoms with Gasteiger partial charge >= 0.3 is 0 Å². The van der Waals surface area contributed by atoms with E-state index in [4.69, 9.17) is 0 Å². The Kier molecular flexibility index (Phi) is 4.66. The molecule has 104 valence electrons. The maximum atomic E-state index is 12.9. The van der Waals surface area contributed by atoms with Crippen molar-refractivity contribution in [1.29, 1.82) is 0 Å². The summed E-state index contributed by atoms with van der Waals surface area (Å²) in [4.78, 5) is 16.9. The standard InChI is InChI=1S/C15H21FN2O/c1-12(18-9-3-8-17(2)10-11-18)15(19)13-4-6-14(16)7-5-13/h4-7,12H,3,8-11H2,1-2H3. The fourth-order valence-electron chi connectivity index (χ4n) is 2.47. The molecule has 0 aromatic heterocycles. The van der Waals surface area contributed by atoms with Gasteiger partial charge in [-0.1, -0.05) is 0 Å². The summed E-state index contributed by atoms with van der Waals surface area (Å²) in [5.74, 6) is -0.231. The Balaban J connectivity index is 2.03. The predicted octanol–water partition coefficient (Wildman–Crippen LogP) is 2.03. The second-order valence-electron chi connectivity index (χ2n) is 5.24. The quantitative estimate of drug-likeness (QED) is 0.781. The molecule has 19 heavy (non-hydrogen) atoms. The minimum absolute atomic E-state index is 0.0737. The summed E-state index contributed by atoms with van der Waals surface area (Å²) in [6.45, 7) is 5.86. The molecule has 1 fully saturated rings. The minimum Gasteiger partial charge on any atom is -0.305 e. The highest BCUT2D eigenvalue weighted by Gasteiger charge is 2.23. The van der Waals surface area contributed by atoms with E-state index >= 15 is 0 Å². The van der Waals surface area contributed by atoms with E-state index in [1.165, 1.54) is 12.1 Å². The van der Waals surface area contributed by atoms with Crippen LogP contribution in [0.2, 0.25) is 0 Å². The van der Waals surface area contributed by atoms with Gasteiger partial charge in [0.1, 0.15) is 5.82 Å². The van der Waals surface area contributed by atoms with Crippen LogP contribution in [0.3, 0.4) is 0 Å². The number of Topliss-reactive ketones (excluding diaryl/α,β-unsaturated/α-hetero) is 1. The molecule has 1 atom stereocenters. The Morgan fingerprint density at radius 3 is 2.53 bits per heavy atom. The number of ketones is 1. The SMILES string of the molecule is CC(C(=O)c1ccc(F)cc1)N1CCCN(C)CC1. The van der Waals surface area contributed by atoms with Gasteiger partial charge in [-0.25, -0.2) is 4.39 Å². The fraction of sp³-hybridized carbons (Fsp3) is 0.533. The molecule has 1 unspecified atom stereocenters. The third-order valence-corrected chi connectivity index (χ3v) is 3.81. The van der Waals surface area contributed by atoms with Gasteiger partial charge in [0.15, 0.2) is 5.78 Å². The van der Waals surface area contributed by atoms with Crippen LogP contribution in [0.5, 0.6) is 0 Å². The van der Waals surface area contributed by atoms with E-state index in [0.717, 1.165) is 32.6 Å². The molecule has 0 spiro atoms. The molecule has 0 aliphatic carbocycles. The fourth-order valence-corrected chi connectivity index (χ4v) is 2.47. The Hall–Kier alpha value is -1.26. The van der Waals surface area contributed by atoms with Crippen LogP contribution in [-0.2, 0) is 0 Å². The maximum Gasteiger partial charge on any atom is 0.179 e. The lowest BCUT2D eigenvalue weighted by Gasteiger charge is -2.26. The van der Waals surface area contributed by atoms with E-state index in [9.17, 15) is 9.18 Å². The lowest BCUT2D eigenvalue weighted by atomic mass is 10.0. The molecule has 0 N–H and O–H groups in total. The van der Waals surface area contributed by atoms with Crippen molar-refractivity contribution in [2.24, 2.45) is 0 Å². The predicted molar refractivity (Wildman–Crippen MR) is 73.9 cm³/mol. The van der Waals surface area contributed by atoms with Gasteiger partial charge in [0, 0.05) is 25.2 Å². The minimum atomic E-state index is -0.305. The van der Waals surface area contributed by atoms with Gasteiger partial charge < -0.3 is 4.90 Å². The number of carbonyl (C=O) groups is 1. The first-order valence-corrected chi connectivity index (χ1v) is 6.80. The summed E-state index contributed by atoms with van der Waals surface area (Å²) in [5.41, 5.74) is 0.589. The lowest BCUT2D eigenvalue weighted by Crippen LogP contribution is -2.41. The molecular formula is C15H21FN2O. The van der Waals surface area contributed by atoms with E-state index in [-0.39, 0.29) is 17.6 Å². The summed E-state index contributed by atoms with van der Waals surface area (Å²) in [6.07, 6.45) is 1.08. The number of hydrogen-bond donors (Lipinski definition) is 0. The van der Waals surface area contributed by atoms with Crippen LogP contribution in [0.1, 0.15) is 23.7 Å². The van der Waals surface area contributed by atoms with Crippen LogP contribution < -0.4 is 0 Å². The molecule has 1 aromatic carbocycles. The normalized spacial score (nSPS) is 19.9. The number of hydrogen-bond acceptors (Lipinski definition) is 3. The van der Waals surface area contributed by atoms with Crippen LogP contribution in [0.15, 0.2) is 24.3 Å².